The van der Waals surface area contributed by atoms with Crippen molar-refractivity contribution >= 4 is 11.3 Å². The highest BCUT2D eigenvalue weighted by Gasteiger charge is 2.25. The molecule has 0 aromatic carbocycles. The number of hydrogen-bond donors (Lipinski definition) is 1. The smallest absolute Gasteiger partial charge is 0.141 e. The van der Waals surface area contributed by atoms with Crippen LogP contribution in [0.15, 0.2) is 6.20 Å². The van der Waals surface area contributed by atoms with Gasteiger partial charge in [0.05, 0.1) is 9.88 Å². The standard InChI is InChI=1S/C11H17FN2S/c1-11(2,12)9-7-14-10(15-9)8-4-3-5-13-6-8/h7-8,13H,3-6H2,1-2H3. The Morgan fingerprint density at radius 1 is 1.60 bits per heavy atom. The molecule has 0 bridgehead atoms. The first-order chi connectivity index (χ1) is 7.07. The minimum Gasteiger partial charge on any atom is -0.316 e. The zero-order chi connectivity index (χ0) is 10.9. The number of rotatable bonds is 2. The lowest BCUT2D eigenvalue weighted by Gasteiger charge is -2.20. The van der Waals surface area contributed by atoms with Crippen molar-refractivity contribution in [2.45, 2.75) is 38.3 Å². The molecule has 1 fully saturated rings. The van der Waals surface area contributed by atoms with Gasteiger partial charge in [0.2, 0.25) is 0 Å². The summed E-state index contributed by atoms with van der Waals surface area (Å²) in [5, 5.41) is 4.44. The van der Waals surface area contributed by atoms with Gasteiger partial charge in [0.25, 0.3) is 0 Å². The van der Waals surface area contributed by atoms with Gasteiger partial charge in [0.15, 0.2) is 0 Å². The van der Waals surface area contributed by atoms with Crippen molar-refractivity contribution in [1.82, 2.24) is 10.3 Å². The molecule has 0 radical (unpaired) electrons. The van der Waals surface area contributed by atoms with E-state index in [1.807, 2.05) is 0 Å². The van der Waals surface area contributed by atoms with Crippen LogP contribution in [-0.2, 0) is 5.67 Å². The average Bonchev–Trinajstić information content (AvgIpc) is 2.67. The van der Waals surface area contributed by atoms with Crippen molar-refractivity contribution in [3.05, 3.63) is 16.1 Å². The summed E-state index contributed by atoms with van der Waals surface area (Å²) >= 11 is 1.52. The molecule has 1 aromatic heterocycles. The van der Waals surface area contributed by atoms with Crippen molar-refractivity contribution in [3.8, 4) is 0 Å². The number of nitrogens with zero attached hydrogens (tertiary/aromatic N) is 1. The molecule has 2 nitrogen and oxygen atoms in total. The molecule has 15 heavy (non-hydrogen) atoms. The predicted octanol–water partition coefficient (Wildman–Crippen LogP) is 2.81. The predicted molar refractivity (Wildman–Crippen MR) is 61.1 cm³/mol. The normalized spacial score (nSPS) is 23.0. The molecule has 1 aromatic rings. The van der Waals surface area contributed by atoms with Gasteiger partial charge in [-0.2, -0.15) is 0 Å². The summed E-state index contributed by atoms with van der Waals surface area (Å²) in [6.45, 7) is 5.26. The van der Waals surface area contributed by atoms with Crippen molar-refractivity contribution in [1.29, 1.82) is 0 Å². The summed E-state index contributed by atoms with van der Waals surface area (Å²) in [5.41, 5.74) is -1.25. The third-order valence-corrected chi connectivity index (χ3v) is 4.21. The molecule has 84 valence electrons. The van der Waals surface area contributed by atoms with Gasteiger partial charge in [-0.25, -0.2) is 9.37 Å². The van der Waals surface area contributed by atoms with Crippen LogP contribution < -0.4 is 5.32 Å². The van der Waals surface area contributed by atoms with Gasteiger partial charge >= 0.3 is 0 Å². The highest BCUT2D eigenvalue weighted by Crippen LogP contribution is 2.34. The van der Waals surface area contributed by atoms with E-state index in [0.717, 1.165) is 23.0 Å². The fourth-order valence-electron chi connectivity index (χ4n) is 1.81. The number of hydrogen-bond acceptors (Lipinski definition) is 3. The van der Waals surface area contributed by atoms with Crippen LogP contribution >= 0.6 is 11.3 Å². The topological polar surface area (TPSA) is 24.9 Å². The van der Waals surface area contributed by atoms with Gasteiger partial charge in [0, 0.05) is 18.7 Å². The molecule has 0 amide bonds. The quantitative estimate of drug-likeness (QED) is 0.842. The zero-order valence-electron chi connectivity index (χ0n) is 9.22. The van der Waals surface area contributed by atoms with E-state index in [0.29, 0.717) is 5.92 Å². The second-order valence-corrected chi connectivity index (χ2v) is 5.64. The number of piperidine rings is 1. The second-order valence-electron chi connectivity index (χ2n) is 4.58. The molecule has 0 aliphatic carbocycles. The fraction of sp³-hybridized carbons (Fsp3) is 0.727. The summed E-state index contributed by atoms with van der Waals surface area (Å²) in [7, 11) is 0. The van der Waals surface area contributed by atoms with Crippen LogP contribution in [0.1, 0.15) is 42.5 Å². The molecule has 1 saturated heterocycles. The molecule has 1 atom stereocenters. The maximum Gasteiger partial charge on any atom is 0.141 e. The Labute approximate surface area is 93.9 Å². The first-order valence-corrected chi connectivity index (χ1v) is 6.25. The van der Waals surface area contributed by atoms with Crippen LogP contribution in [0.3, 0.4) is 0 Å². The molecule has 1 aliphatic rings. The van der Waals surface area contributed by atoms with Gasteiger partial charge < -0.3 is 5.32 Å². The van der Waals surface area contributed by atoms with Crippen LogP contribution in [0.4, 0.5) is 4.39 Å². The van der Waals surface area contributed by atoms with Gasteiger partial charge in [-0.05, 0) is 33.2 Å². The Kier molecular flexibility index (Phi) is 3.07. The first kappa shape index (κ1) is 11.0. The lowest BCUT2D eigenvalue weighted by atomic mass is 10.0. The Hall–Kier alpha value is -0.480. The third kappa shape index (κ3) is 2.55. The second kappa shape index (κ2) is 4.18. The van der Waals surface area contributed by atoms with Crippen molar-refractivity contribution in [2.75, 3.05) is 13.1 Å². The number of halogens is 1. The lowest BCUT2D eigenvalue weighted by Crippen LogP contribution is -2.28. The molecule has 0 saturated carbocycles. The van der Waals surface area contributed by atoms with Crippen molar-refractivity contribution in [2.24, 2.45) is 0 Å². The number of thiazole rings is 1. The van der Waals surface area contributed by atoms with Crippen LogP contribution in [-0.4, -0.2) is 18.1 Å². The molecular weight excluding hydrogens is 211 g/mol. The van der Waals surface area contributed by atoms with E-state index in [1.165, 1.54) is 24.2 Å². The molecule has 0 spiro atoms. The van der Waals surface area contributed by atoms with Crippen LogP contribution in [0.2, 0.25) is 0 Å². The van der Waals surface area contributed by atoms with Gasteiger partial charge in [0.1, 0.15) is 5.67 Å². The van der Waals surface area contributed by atoms with Crippen LogP contribution in [0.5, 0.6) is 0 Å². The monoisotopic (exact) mass is 228 g/mol. The Balaban J connectivity index is 2.12. The van der Waals surface area contributed by atoms with E-state index >= 15 is 0 Å². The average molecular weight is 228 g/mol. The fourth-order valence-corrected chi connectivity index (χ4v) is 2.86. The largest absolute Gasteiger partial charge is 0.316 e. The minimum atomic E-state index is -1.25. The van der Waals surface area contributed by atoms with Crippen LogP contribution in [0.25, 0.3) is 0 Å². The Bertz CT molecular complexity index is 324. The van der Waals surface area contributed by atoms with E-state index in [9.17, 15) is 4.39 Å². The Morgan fingerprint density at radius 2 is 2.40 bits per heavy atom. The van der Waals surface area contributed by atoms with Crippen LogP contribution in [0, 0.1) is 0 Å². The van der Waals surface area contributed by atoms with Gasteiger partial charge in [-0.15, -0.1) is 11.3 Å². The van der Waals surface area contributed by atoms with Gasteiger partial charge in [-0.1, -0.05) is 0 Å². The number of alkyl halides is 1. The molecule has 2 heterocycles. The molecule has 2 rings (SSSR count). The Morgan fingerprint density at radius 3 is 2.93 bits per heavy atom. The van der Waals surface area contributed by atoms with E-state index in [2.05, 4.69) is 10.3 Å². The summed E-state index contributed by atoms with van der Waals surface area (Å²) in [6.07, 6.45) is 4.06. The van der Waals surface area contributed by atoms with Crippen molar-refractivity contribution in [3.63, 3.8) is 0 Å². The van der Waals surface area contributed by atoms with Crippen molar-refractivity contribution < 1.29 is 4.39 Å². The number of aromatic nitrogens is 1. The van der Waals surface area contributed by atoms with E-state index in [1.54, 1.807) is 20.0 Å². The maximum atomic E-state index is 13.7. The summed E-state index contributed by atoms with van der Waals surface area (Å²) < 4.78 is 13.7. The first-order valence-electron chi connectivity index (χ1n) is 5.43. The molecular formula is C11H17FN2S. The highest BCUT2D eigenvalue weighted by atomic mass is 32.1. The highest BCUT2D eigenvalue weighted by molar-refractivity contribution is 7.11. The molecule has 1 unspecified atom stereocenters. The molecule has 4 heteroatoms. The van der Waals surface area contributed by atoms with E-state index in [4.69, 9.17) is 0 Å². The van der Waals surface area contributed by atoms with E-state index < -0.39 is 5.67 Å². The SMILES string of the molecule is CC(C)(F)c1cnc(C2CCCNC2)s1. The lowest BCUT2D eigenvalue weighted by molar-refractivity contribution is 0.226. The number of nitrogens with one attached hydrogen (secondary N) is 1. The van der Waals surface area contributed by atoms with Gasteiger partial charge in [-0.3, -0.25) is 0 Å². The minimum absolute atomic E-state index is 0.486. The zero-order valence-corrected chi connectivity index (χ0v) is 10.0. The summed E-state index contributed by atoms with van der Waals surface area (Å²) in [5.74, 6) is 0.486. The molecule has 1 aliphatic heterocycles. The summed E-state index contributed by atoms with van der Waals surface area (Å²) in [4.78, 5) is 5.08. The van der Waals surface area contributed by atoms with E-state index in [-0.39, 0.29) is 0 Å². The molecule has 1 N–H and O–H groups in total. The summed E-state index contributed by atoms with van der Waals surface area (Å²) in [6, 6.07) is 0. The maximum absolute atomic E-state index is 13.7. The third-order valence-electron chi connectivity index (χ3n) is 2.76.